The second-order valence-electron chi connectivity index (χ2n) is 6.67. The van der Waals surface area contributed by atoms with E-state index in [1.807, 2.05) is 6.07 Å². The van der Waals surface area contributed by atoms with Gasteiger partial charge in [-0.15, -0.1) is 0 Å². The van der Waals surface area contributed by atoms with Crippen LogP contribution in [0.2, 0.25) is 0 Å². The molecule has 1 aromatic heterocycles. The Bertz CT molecular complexity index is 811. The summed E-state index contributed by atoms with van der Waals surface area (Å²) in [6, 6.07) is 9.80. The molecule has 2 aliphatic heterocycles. The normalized spacial score (nSPS) is 22.4. The molecule has 2 amide bonds. The molecule has 0 aliphatic carbocycles. The van der Waals surface area contributed by atoms with E-state index in [-0.39, 0.29) is 29.5 Å². The number of benzene rings is 1. The van der Waals surface area contributed by atoms with Crippen LogP contribution in [0.15, 0.2) is 48.8 Å². The molecule has 2 aliphatic rings. The zero-order valence-corrected chi connectivity index (χ0v) is 13.6. The number of hydrogen-bond donors (Lipinski definition) is 0. The summed E-state index contributed by atoms with van der Waals surface area (Å²) in [7, 11) is 0. The molecule has 2 fully saturated rings. The molecule has 0 spiro atoms. The highest BCUT2D eigenvalue weighted by molar-refractivity contribution is 5.95. The van der Waals surface area contributed by atoms with E-state index in [0.717, 1.165) is 5.56 Å². The predicted octanol–water partition coefficient (Wildman–Crippen LogP) is 1.95. The van der Waals surface area contributed by atoms with Crippen LogP contribution in [0.3, 0.4) is 0 Å². The van der Waals surface area contributed by atoms with Crippen molar-refractivity contribution in [1.29, 1.82) is 0 Å². The average molecular weight is 339 g/mol. The van der Waals surface area contributed by atoms with E-state index in [1.165, 1.54) is 12.1 Å². The van der Waals surface area contributed by atoms with Gasteiger partial charge >= 0.3 is 0 Å². The zero-order chi connectivity index (χ0) is 17.4. The van der Waals surface area contributed by atoms with Crippen LogP contribution in [-0.4, -0.2) is 46.2 Å². The average Bonchev–Trinajstić information content (AvgIpc) is 3.15. The van der Waals surface area contributed by atoms with Crippen molar-refractivity contribution in [2.45, 2.75) is 6.54 Å². The Hall–Kier alpha value is -2.76. The summed E-state index contributed by atoms with van der Waals surface area (Å²) in [5, 5.41) is 0. The van der Waals surface area contributed by atoms with E-state index in [1.54, 1.807) is 40.4 Å². The van der Waals surface area contributed by atoms with Crippen molar-refractivity contribution in [2.75, 3.05) is 19.6 Å². The second-order valence-corrected chi connectivity index (χ2v) is 6.67. The highest BCUT2D eigenvalue weighted by Crippen LogP contribution is 2.33. The van der Waals surface area contributed by atoms with Crippen LogP contribution in [0.25, 0.3) is 0 Å². The second kappa shape index (κ2) is 6.27. The first-order valence-electron chi connectivity index (χ1n) is 8.34. The van der Waals surface area contributed by atoms with Gasteiger partial charge in [-0.05, 0) is 29.8 Å². The van der Waals surface area contributed by atoms with Gasteiger partial charge in [0.15, 0.2) is 0 Å². The Morgan fingerprint density at radius 2 is 2.08 bits per heavy atom. The summed E-state index contributed by atoms with van der Waals surface area (Å²) in [6.07, 6.45) is 3.18. The predicted molar refractivity (Wildman–Crippen MR) is 88.9 cm³/mol. The number of amides is 2. The topological polar surface area (TPSA) is 53.5 Å². The first-order valence-corrected chi connectivity index (χ1v) is 8.34. The van der Waals surface area contributed by atoms with Crippen molar-refractivity contribution in [3.8, 4) is 0 Å². The maximum Gasteiger partial charge on any atom is 0.255 e. The van der Waals surface area contributed by atoms with E-state index in [9.17, 15) is 14.0 Å². The molecule has 0 N–H and O–H groups in total. The number of halogens is 1. The molecule has 2 saturated heterocycles. The van der Waals surface area contributed by atoms with Crippen LogP contribution < -0.4 is 0 Å². The summed E-state index contributed by atoms with van der Waals surface area (Å²) < 4.78 is 13.3. The van der Waals surface area contributed by atoms with Crippen molar-refractivity contribution < 1.29 is 14.0 Å². The molecule has 4 rings (SSSR count). The largest absolute Gasteiger partial charge is 0.338 e. The lowest BCUT2D eigenvalue weighted by atomic mass is 10.0. The fourth-order valence-corrected chi connectivity index (χ4v) is 3.78. The Balaban J connectivity index is 1.42. The van der Waals surface area contributed by atoms with Gasteiger partial charge in [0.25, 0.3) is 5.91 Å². The molecular weight excluding hydrogens is 321 g/mol. The molecule has 1 aromatic carbocycles. The molecule has 0 radical (unpaired) electrons. The highest BCUT2D eigenvalue weighted by Gasteiger charge is 2.47. The first-order chi connectivity index (χ1) is 12.1. The van der Waals surface area contributed by atoms with Gasteiger partial charge in [-0.25, -0.2) is 4.39 Å². The van der Waals surface area contributed by atoms with Gasteiger partial charge in [-0.1, -0.05) is 12.1 Å². The molecule has 2 aromatic rings. The molecular formula is C19H18FN3O2. The van der Waals surface area contributed by atoms with Gasteiger partial charge in [-0.3, -0.25) is 14.6 Å². The van der Waals surface area contributed by atoms with Crippen molar-refractivity contribution in [2.24, 2.45) is 11.8 Å². The van der Waals surface area contributed by atoms with E-state index in [2.05, 4.69) is 4.98 Å². The minimum Gasteiger partial charge on any atom is -0.338 e. The SMILES string of the molecule is O=C(c1cccnc1)N1C[C@@H]2CN(Cc3cccc(F)c3)C(=O)[C@@H]2C1. The van der Waals surface area contributed by atoms with Crippen molar-refractivity contribution in [1.82, 2.24) is 14.8 Å². The summed E-state index contributed by atoms with van der Waals surface area (Å²) in [5.41, 5.74) is 1.34. The molecule has 0 bridgehead atoms. The summed E-state index contributed by atoms with van der Waals surface area (Å²) >= 11 is 0. The third kappa shape index (κ3) is 2.99. The number of aromatic nitrogens is 1. The Labute approximate surface area is 145 Å². The van der Waals surface area contributed by atoms with Crippen LogP contribution in [-0.2, 0) is 11.3 Å². The minimum atomic E-state index is -0.294. The van der Waals surface area contributed by atoms with Gasteiger partial charge in [-0.2, -0.15) is 0 Å². The third-order valence-electron chi connectivity index (χ3n) is 4.98. The van der Waals surface area contributed by atoms with Gasteiger partial charge in [0.1, 0.15) is 5.82 Å². The van der Waals surface area contributed by atoms with E-state index in [0.29, 0.717) is 31.7 Å². The number of fused-ring (bicyclic) bond motifs is 1. The maximum atomic E-state index is 13.3. The zero-order valence-electron chi connectivity index (χ0n) is 13.6. The number of pyridine rings is 1. The van der Waals surface area contributed by atoms with Gasteiger partial charge < -0.3 is 9.80 Å². The number of nitrogens with zero attached hydrogens (tertiary/aromatic N) is 3. The maximum absolute atomic E-state index is 13.3. The molecule has 6 heteroatoms. The Kier molecular flexibility index (Phi) is 3.95. The summed E-state index contributed by atoms with van der Waals surface area (Å²) in [5.74, 6) is -0.337. The van der Waals surface area contributed by atoms with E-state index in [4.69, 9.17) is 0 Å². The van der Waals surface area contributed by atoms with E-state index < -0.39 is 0 Å². The third-order valence-corrected chi connectivity index (χ3v) is 4.98. The Morgan fingerprint density at radius 3 is 2.80 bits per heavy atom. The lowest BCUT2D eigenvalue weighted by Gasteiger charge is -2.22. The molecule has 3 heterocycles. The van der Waals surface area contributed by atoms with Crippen LogP contribution in [0.5, 0.6) is 0 Å². The molecule has 2 atom stereocenters. The number of hydrogen-bond acceptors (Lipinski definition) is 3. The summed E-state index contributed by atoms with van der Waals surface area (Å²) in [6.45, 7) is 2.04. The van der Waals surface area contributed by atoms with Crippen LogP contribution in [0.4, 0.5) is 4.39 Å². The van der Waals surface area contributed by atoms with Crippen molar-refractivity contribution in [3.63, 3.8) is 0 Å². The number of rotatable bonds is 3. The smallest absolute Gasteiger partial charge is 0.255 e. The van der Waals surface area contributed by atoms with Crippen molar-refractivity contribution >= 4 is 11.8 Å². The lowest BCUT2D eigenvalue weighted by Crippen LogP contribution is -2.35. The van der Waals surface area contributed by atoms with Crippen LogP contribution in [0, 0.1) is 17.7 Å². The van der Waals surface area contributed by atoms with Crippen LogP contribution in [0.1, 0.15) is 15.9 Å². The van der Waals surface area contributed by atoms with Crippen LogP contribution >= 0.6 is 0 Å². The molecule has 128 valence electrons. The molecule has 25 heavy (non-hydrogen) atoms. The fraction of sp³-hybridized carbons (Fsp3) is 0.316. The van der Waals surface area contributed by atoms with Gasteiger partial charge in [0, 0.05) is 44.5 Å². The van der Waals surface area contributed by atoms with E-state index >= 15 is 0 Å². The molecule has 0 unspecified atom stereocenters. The fourth-order valence-electron chi connectivity index (χ4n) is 3.78. The summed E-state index contributed by atoms with van der Waals surface area (Å²) in [4.78, 5) is 32.7. The first kappa shape index (κ1) is 15.7. The number of likely N-dealkylation sites (tertiary alicyclic amines) is 2. The standard InChI is InChI=1S/C19H18FN3O2/c20-16-5-1-3-13(7-16)9-22-10-15-11-23(12-17(15)19(22)25)18(24)14-4-2-6-21-8-14/h1-8,15,17H,9-12H2/t15-,17+/m0/s1. The van der Waals surface area contributed by atoms with Gasteiger partial charge in [0.05, 0.1) is 11.5 Å². The number of carbonyl (C=O) groups excluding carboxylic acids is 2. The minimum absolute atomic E-state index is 0.0516. The lowest BCUT2D eigenvalue weighted by molar-refractivity contribution is -0.131. The molecule has 5 nitrogen and oxygen atoms in total. The highest BCUT2D eigenvalue weighted by atomic mass is 19.1. The molecule has 0 saturated carbocycles. The quantitative estimate of drug-likeness (QED) is 0.859. The monoisotopic (exact) mass is 339 g/mol. The van der Waals surface area contributed by atoms with Gasteiger partial charge in [0.2, 0.25) is 5.91 Å². The Morgan fingerprint density at radius 1 is 1.20 bits per heavy atom. The van der Waals surface area contributed by atoms with Crippen molar-refractivity contribution in [3.05, 3.63) is 65.7 Å². The number of carbonyl (C=O) groups is 2.